The second-order valence-electron chi connectivity index (χ2n) is 6.23. The SMILES string of the molecule is COc1ccc(/C=N\NC(=O)[C@@H]2CC(=O)N(c3ccc(Cl)cc3)C2)cc1OC. The van der Waals surface area contributed by atoms with Crippen molar-refractivity contribution < 1.29 is 19.1 Å². The molecule has 1 N–H and O–H groups in total. The van der Waals surface area contributed by atoms with Gasteiger partial charge in [-0.05, 0) is 48.0 Å². The summed E-state index contributed by atoms with van der Waals surface area (Å²) in [6, 6.07) is 12.2. The lowest BCUT2D eigenvalue weighted by molar-refractivity contribution is -0.126. The highest BCUT2D eigenvalue weighted by Gasteiger charge is 2.35. The molecule has 0 unspecified atom stereocenters. The van der Waals surface area contributed by atoms with E-state index in [1.807, 2.05) is 0 Å². The van der Waals surface area contributed by atoms with E-state index in [1.165, 1.54) is 6.21 Å². The molecule has 28 heavy (non-hydrogen) atoms. The topological polar surface area (TPSA) is 80.2 Å². The molecule has 8 heteroatoms. The molecule has 0 aliphatic carbocycles. The Labute approximate surface area is 167 Å². The number of ether oxygens (including phenoxy) is 2. The van der Waals surface area contributed by atoms with Crippen LogP contribution in [0.15, 0.2) is 47.6 Å². The second kappa shape index (κ2) is 8.75. The van der Waals surface area contributed by atoms with Crippen LogP contribution in [0.2, 0.25) is 5.02 Å². The fourth-order valence-corrected chi connectivity index (χ4v) is 3.07. The Morgan fingerprint density at radius 1 is 1.18 bits per heavy atom. The van der Waals surface area contributed by atoms with Gasteiger partial charge < -0.3 is 14.4 Å². The van der Waals surface area contributed by atoms with Gasteiger partial charge in [0, 0.05) is 23.7 Å². The van der Waals surface area contributed by atoms with Crippen LogP contribution in [-0.2, 0) is 9.59 Å². The Hall–Kier alpha value is -3.06. The van der Waals surface area contributed by atoms with Crippen molar-refractivity contribution in [1.29, 1.82) is 0 Å². The van der Waals surface area contributed by atoms with Gasteiger partial charge in [-0.25, -0.2) is 5.43 Å². The minimum Gasteiger partial charge on any atom is -0.493 e. The summed E-state index contributed by atoms with van der Waals surface area (Å²) in [6.07, 6.45) is 1.65. The summed E-state index contributed by atoms with van der Waals surface area (Å²) in [5, 5.41) is 4.58. The normalized spacial score (nSPS) is 16.5. The molecule has 1 heterocycles. The third-order valence-electron chi connectivity index (χ3n) is 4.43. The van der Waals surface area contributed by atoms with Crippen LogP contribution in [0.25, 0.3) is 0 Å². The number of hydrogen-bond donors (Lipinski definition) is 1. The Kier molecular flexibility index (Phi) is 6.16. The molecule has 0 radical (unpaired) electrons. The third kappa shape index (κ3) is 4.43. The molecular weight excluding hydrogens is 382 g/mol. The predicted molar refractivity (Wildman–Crippen MR) is 107 cm³/mol. The van der Waals surface area contributed by atoms with Crippen LogP contribution >= 0.6 is 11.6 Å². The highest BCUT2D eigenvalue weighted by molar-refractivity contribution is 6.30. The molecule has 3 rings (SSSR count). The fourth-order valence-electron chi connectivity index (χ4n) is 2.95. The van der Waals surface area contributed by atoms with Gasteiger partial charge in [0.1, 0.15) is 0 Å². The minimum atomic E-state index is -0.467. The van der Waals surface area contributed by atoms with E-state index in [2.05, 4.69) is 10.5 Å². The number of benzene rings is 2. The zero-order valence-corrected chi connectivity index (χ0v) is 16.3. The van der Waals surface area contributed by atoms with E-state index in [4.69, 9.17) is 21.1 Å². The van der Waals surface area contributed by atoms with Gasteiger partial charge in [0.05, 0.1) is 26.4 Å². The maximum Gasteiger partial charge on any atom is 0.245 e. The zero-order valence-electron chi connectivity index (χ0n) is 15.5. The molecule has 1 aliphatic heterocycles. The molecule has 2 amide bonds. The molecule has 2 aromatic carbocycles. The van der Waals surface area contributed by atoms with E-state index in [1.54, 1.807) is 61.6 Å². The number of methoxy groups -OCH3 is 2. The van der Waals surface area contributed by atoms with Crippen LogP contribution in [0, 0.1) is 5.92 Å². The lowest BCUT2D eigenvalue weighted by atomic mass is 10.1. The standard InChI is InChI=1S/C20H20ClN3O4/c1-27-17-8-3-13(9-18(17)28-2)11-22-23-20(26)14-10-19(25)24(12-14)16-6-4-15(21)5-7-16/h3-9,11,14H,10,12H2,1-2H3,(H,23,26)/b22-11-/t14-/m1/s1. The van der Waals surface area contributed by atoms with Crippen molar-refractivity contribution in [1.82, 2.24) is 5.43 Å². The largest absolute Gasteiger partial charge is 0.493 e. The first-order valence-electron chi connectivity index (χ1n) is 8.62. The van der Waals surface area contributed by atoms with Gasteiger partial charge in [0.2, 0.25) is 11.8 Å². The van der Waals surface area contributed by atoms with Crippen molar-refractivity contribution in [3.05, 3.63) is 53.1 Å². The van der Waals surface area contributed by atoms with Crippen LogP contribution in [0.4, 0.5) is 5.69 Å². The molecule has 2 aromatic rings. The molecule has 0 saturated carbocycles. The highest BCUT2D eigenvalue weighted by atomic mass is 35.5. The van der Waals surface area contributed by atoms with Crippen LogP contribution < -0.4 is 19.8 Å². The molecule has 1 fully saturated rings. The molecule has 0 aromatic heterocycles. The van der Waals surface area contributed by atoms with Crippen LogP contribution in [0.5, 0.6) is 11.5 Å². The number of carbonyl (C=O) groups excluding carboxylic acids is 2. The summed E-state index contributed by atoms with van der Waals surface area (Å²) in [5.74, 6) is 0.298. The summed E-state index contributed by atoms with van der Waals surface area (Å²) in [6.45, 7) is 0.304. The molecular formula is C20H20ClN3O4. The molecule has 0 spiro atoms. The highest BCUT2D eigenvalue weighted by Crippen LogP contribution is 2.27. The summed E-state index contributed by atoms with van der Waals surface area (Å²) in [7, 11) is 3.10. The lowest BCUT2D eigenvalue weighted by Gasteiger charge is -2.16. The monoisotopic (exact) mass is 401 g/mol. The van der Waals surface area contributed by atoms with Crippen molar-refractivity contribution in [3.63, 3.8) is 0 Å². The van der Waals surface area contributed by atoms with Gasteiger partial charge in [-0.1, -0.05) is 11.6 Å². The molecule has 0 bridgehead atoms. The third-order valence-corrected chi connectivity index (χ3v) is 4.68. The Bertz CT molecular complexity index is 899. The maximum absolute atomic E-state index is 12.4. The molecule has 1 saturated heterocycles. The fraction of sp³-hybridized carbons (Fsp3) is 0.250. The Balaban J connectivity index is 1.60. The Morgan fingerprint density at radius 3 is 2.57 bits per heavy atom. The number of hydrogen-bond acceptors (Lipinski definition) is 5. The van der Waals surface area contributed by atoms with E-state index in [-0.39, 0.29) is 18.2 Å². The molecule has 146 valence electrons. The zero-order chi connectivity index (χ0) is 20.1. The van der Waals surface area contributed by atoms with Gasteiger partial charge in [-0.15, -0.1) is 0 Å². The number of nitrogens with zero attached hydrogens (tertiary/aromatic N) is 2. The van der Waals surface area contributed by atoms with Gasteiger partial charge >= 0.3 is 0 Å². The average molecular weight is 402 g/mol. The van der Waals surface area contributed by atoms with Crippen LogP contribution in [0.3, 0.4) is 0 Å². The Morgan fingerprint density at radius 2 is 1.89 bits per heavy atom. The van der Waals surface area contributed by atoms with Crippen molar-refractivity contribution >= 4 is 35.3 Å². The van der Waals surface area contributed by atoms with Gasteiger partial charge in [-0.2, -0.15) is 5.10 Å². The van der Waals surface area contributed by atoms with Gasteiger partial charge in [0.15, 0.2) is 11.5 Å². The first-order chi connectivity index (χ1) is 13.5. The second-order valence-corrected chi connectivity index (χ2v) is 6.67. The van der Waals surface area contributed by atoms with E-state index < -0.39 is 5.92 Å². The average Bonchev–Trinajstić information content (AvgIpc) is 3.10. The minimum absolute atomic E-state index is 0.105. The number of nitrogens with one attached hydrogen (secondary N) is 1. The van der Waals surface area contributed by atoms with Crippen LogP contribution in [-0.4, -0.2) is 38.8 Å². The van der Waals surface area contributed by atoms with Gasteiger partial charge in [0.25, 0.3) is 0 Å². The molecule has 1 atom stereocenters. The smallest absolute Gasteiger partial charge is 0.245 e. The van der Waals surface area contributed by atoms with Crippen LogP contribution in [0.1, 0.15) is 12.0 Å². The summed E-state index contributed by atoms with van der Waals surface area (Å²) >= 11 is 5.88. The number of carbonyl (C=O) groups is 2. The van der Waals surface area contributed by atoms with E-state index in [0.717, 1.165) is 11.3 Å². The predicted octanol–water partition coefficient (Wildman–Crippen LogP) is 2.86. The van der Waals surface area contributed by atoms with Crippen molar-refractivity contribution in [2.75, 3.05) is 25.7 Å². The lowest BCUT2D eigenvalue weighted by Crippen LogP contribution is -2.30. The van der Waals surface area contributed by atoms with Crippen molar-refractivity contribution in [2.24, 2.45) is 11.0 Å². The summed E-state index contributed by atoms with van der Waals surface area (Å²) in [4.78, 5) is 26.2. The van der Waals surface area contributed by atoms with Crippen molar-refractivity contribution in [2.45, 2.75) is 6.42 Å². The first kappa shape index (κ1) is 19.7. The van der Waals surface area contributed by atoms with E-state index in [9.17, 15) is 9.59 Å². The number of halogens is 1. The number of anilines is 1. The first-order valence-corrected chi connectivity index (χ1v) is 9.00. The summed E-state index contributed by atoms with van der Waals surface area (Å²) in [5.41, 5.74) is 3.96. The van der Waals surface area contributed by atoms with E-state index in [0.29, 0.717) is 23.1 Å². The van der Waals surface area contributed by atoms with E-state index >= 15 is 0 Å². The summed E-state index contributed by atoms with van der Waals surface area (Å²) < 4.78 is 10.4. The van der Waals surface area contributed by atoms with Gasteiger partial charge in [-0.3, -0.25) is 9.59 Å². The maximum atomic E-state index is 12.4. The number of rotatable bonds is 6. The number of hydrazone groups is 1. The quantitative estimate of drug-likeness (QED) is 0.596. The van der Waals surface area contributed by atoms with Crippen molar-refractivity contribution in [3.8, 4) is 11.5 Å². The number of amides is 2. The molecule has 7 nitrogen and oxygen atoms in total. The molecule has 1 aliphatic rings.